The van der Waals surface area contributed by atoms with Crippen LogP contribution in [0.5, 0.6) is 0 Å². The van der Waals surface area contributed by atoms with E-state index in [1.54, 1.807) is 12.1 Å². The fourth-order valence-electron chi connectivity index (χ4n) is 1.87. The summed E-state index contributed by atoms with van der Waals surface area (Å²) in [6.45, 7) is 0. The van der Waals surface area contributed by atoms with Crippen molar-refractivity contribution < 1.29 is 9.90 Å². The molecular formula is C13H12N2O2S. The molecule has 92 valence electrons. The fraction of sp³-hybridized carbons (Fsp3) is 0.231. The van der Waals surface area contributed by atoms with Crippen molar-refractivity contribution in [3.8, 4) is 10.6 Å². The van der Waals surface area contributed by atoms with Crippen LogP contribution in [0.15, 0.2) is 24.3 Å². The summed E-state index contributed by atoms with van der Waals surface area (Å²) in [5, 5.41) is 9.96. The molecule has 0 bridgehead atoms. The molecule has 0 unspecified atom stereocenters. The molecule has 1 saturated carbocycles. The standard InChI is InChI=1S/C13H12N2O2S/c14-9-5-3-8(4-6-9)12-15-10(7-1-2-7)11(18-12)13(16)17/h3-7H,1-2,14H2,(H,16,17). The highest BCUT2D eigenvalue weighted by Crippen LogP contribution is 2.44. The molecule has 0 saturated heterocycles. The molecule has 1 fully saturated rings. The Balaban J connectivity index is 2.04. The second-order valence-electron chi connectivity index (χ2n) is 4.43. The monoisotopic (exact) mass is 260 g/mol. The van der Waals surface area contributed by atoms with Crippen molar-refractivity contribution >= 4 is 23.0 Å². The van der Waals surface area contributed by atoms with E-state index in [4.69, 9.17) is 5.73 Å². The number of benzene rings is 1. The van der Waals surface area contributed by atoms with E-state index in [1.165, 1.54) is 11.3 Å². The highest BCUT2D eigenvalue weighted by Gasteiger charge is 2.32. The molecule has 18 heavy (non-hydrogen) atoms. The minimum Gasteiger partial charge on any atom is -0.477 e. The lowest BCUT2D eigenvalue weighted by molar-refractivity contribution is 0.0700. The number of aromatic carboxylic acids is 1. The van der Waals surface area contributed by atoms with Gasteiger partial charge >= 0.3 is 5.97 Å². The zero-order valence-electron chi connectivity index (χ0n) is 9.59. The molecule has 0 amide bonds. The van der Waals surface area contributed by atoms with E-state index in [9.17, 15) is 9.90 Å². The number of carboxylic acids is 1. The minimum absolute atomic E-state index is 0.342. The molecule has 4 nitrogen and oxygen atoms in total. The van der Waals surface area contributed by atoms with Gasteiger partial charge in [-0.05, 0) is 37.1 Å². The topological polar surface area (TPSA) is 76.2 Å². The normalized spacial score (nSPS) is 14.7. The van der Waals surface area contributed by atoms with E-state index in [-0.39, 0.29) is 0 Å². The first-order valence-electron chi connectivity index (χ1n) is 5.75. The van der Waals surface area contributed by atoms with Gasteiger partial charge in [-0.1, -0.05) is 0 Å². The van der Waals surface area contributed by atoms with Gasteiger partial charge in [-0.2, -0.15) is 0 Å². The first kappa shape index (κ1) is 11.2. The number of nitrogens with zero attached hydrogens (tertiary/aromatic N) is 1. The van der Waals surface area contributed by atoms with Crippen LogP contribution in [0.1, 0.15) is 34.1 Å². The molecule has 5 heteroatoms. The maximum absolute atomic E-state index is 11.2. The Hall–Kier alpha value is -1.88. The molecule has 0 spiro atoms. The maximum atomic E-state index is 11.2. The Morgan fingerprint density at radius 1 is 1.33 bits per heavy atom. The van der Waals surface area contributed by atoms with Crippen molar-refractivity contribution in [1.82, 2.24) is 4.98 Å². The SMILES string of the molecule is Nc1ccc(-c2nc(C3CC3)c(C(=O)O)s2)cc1. The highest BCUT2D eigenvalue weighted by molar-refractivity contribution is 7.17. The number of anilines is 1. The van der Waals surface area contributed by atoms with E-state index in [0.717, 1.165) is 29.1 Å². The van der Waals surface area contributed by atoms with Gasteiger partial charge in [0.05, 0.1) is 5.69 Å². The van der Waals surface area contributed by atoms with Crippen LogP contribution in [0.25, 0.3) is 10.6 Å². The summed E-state index contributed by atoms with van der Waals surface area (Å²) in [5.41, 5.74) is 8.00. The summed E-state index contributed by atoms with van der Waals surface area (Å²) >= 11 is 1.24. The number of hydrogen-bond donors (Lipinski definition) is 2. The van der Waals surface area contributed by atoms with Crippen molar-refractivity contribution in [1.29, 1.82) is 0 Å². The zero-order valence-corrected chi connectivity index (χ0v) is 10.4. The van der Waals surface area contributed by atoms with Crippen LogP contribution in [0.3, 0.4) is 0 Å². The number of carboxylic acid groups (broad SMARTS) is 1. The van der Waals surface area contributed by atoms with Crippen molar-refractivity contribution in [2.75, 3.05) is 5.73 Å². The summed E-state index contributed by atoms with van der Waals surface area (Å²) in [7, 11) is 0. The first-order valence-corrected chi connectivity index (χ1v) is 6.56. The second kappa shape index (κ2) is 4.10. The van der Waals surface area contributed by atoms with Crippen LogP contribution in [-0.2, 0) is 0 Å². The van der Waals surface area contributed by atoms with Gasteiger partial charge in [0.15, 0.2) is 0 Å². The molecule has 1 aliphatic rings. The van der Waals surface area contributed by atoms with E-state index in [0.29, 0.717) is 16.5 Å². The molecular weight excluding hydrogens is 248 g/mol. The molecule has 3 rings (SSSR count). The molecule has 1 aliphatic carbocycles. The second-order valence-corrected chi connectivity index (χ2v) is 5.43. The third kappa shape index (κ3) is 1.97. The molecule has 1 aromatic heterocycles. The lowest BCUT2D eigenvalue weighted by Gasteiger charge is -1.96. The van der Waals surface area contributed by atoms with E-state index in [1.807, 2.05) is 12.1 Å². The van der Waals surface area contributed by atoms with Crippen LogP contribution >= 0.6 is 11.3 Å². The lowest BCUT2D eigenvalue weighted by atomic mass is 10.2. The number of aromatic nitrogens is 1. The average Bonchev–Trinajstić information content (AvgIpc) is 3.09. The van der Waals surface area contributed by atoms with E-state index < -0.39 is 5.97 Å². The van der Waals surface area contributed by atoms with Crippen LogP contribution < -0.4 is 5.73 Å². The van der Waals surface area contributed by atoms with Gasteiger partial charge in [-0.3, -0.25) is 0 Å². The van der Waals surface area contributed by atoms with Crippen LogP contribution in [0.2, 0.25) is 0 Å². The molecule has 2 aromatic rings. The highest BCUT2D eigenvalue weighted by atomic mass is 32.1. The summed E-state index contributed by atoms with van der Waals surface area (Å²) in [4.78, 5) is 16.1. The van der Waals surface area contributed by atoms with Crippen molar-refractivity contribution in [3.63, 3.8) is 0 Å². The van der Waals surface area contributed by atoms with E-state index in [2.05, 4.69) is 4.98 Å². The van der Waals surface area contributed by atoms with Crippen molar-refractivity contribution in [2.24, 2.45) is 0 Å². The predicted molar refractivity (Wildman–Crippen MR) is 70.9 cm³/mol. The molecule has 0 radical (unpaired) electrons. The lowest BCUT2D eigenvalue weighted by Crippen LogP contribution is -1.97. The fourth-order valence-corrected chi connectivity index (χ4v) is 2.86. The van der Waals surface area contributed by atoms with Crippen molar-refractivity contribution in [3.05, 3.63) is 34.8 Å². The molecule has 0 atom stereocenters. The largest absolute Gasteiger partial charge is 0.477 e. The number of carbonyl (C=O) groups is 1. The average molecular weight is 260 g/mol. The maximum Gasteiger partial charge on any atom is 0.347 e. The predicted octanol–water partition coefficient (Wildman–Crippen LogP) is 2.97. The summed E-state index contributed by atoms with van der Waals surface area (Å²) in [6.07, 6.45) is 2.09. The number of hydrogen-bond acceptors (Lipinski definition) is 4. The van der Waals surface area contributed by atoms with Gasteiger partial charge < -0.3 is 10.8 Å². The molecule has 1 aromatic carbocycles. The van der Waals surface area contributed by atoms with Crippen LogP contribution in [0, 0.1) is 0 Å². The Kier molecular flexibility index (Phi) is 2.56. The molecule has 3 N–H and O–H groups in total. The Morgan fingerprint density at radius 3 is 2.56 bits per heavy atom. The molecule has 0 aliphatic heterocycles. The number of nitrogens with two attached hydrogens (primary N) is 1. The number of rotatable bonds is 3. The van der Waals surface area contributed by atoms with Gasteiger partial charge in [-0.25, -0.2) is 9.78 Å². The minimum atomic E-state index is -0.879. The van der Waals surface area contributed by atoms with Gasteiger partial charge in [0, 0.05) is 17.2 Å². The first-order chi connectivity index (χ1) is 8.65. The summed E-state index contributed by atoms with van der Waals surface area (Å²) in [5.74, 6) is -0.536. The quantitative estimate of drug-likeness (QED) is 0.832. The van der Waals surface area contributed by atoms with Gasteiger partial charge in [0.2, 0.25) is 0 Å². The Bertz CT molecular complexity index is 600. The Labute approximate surface area is 108 Å². The van der Waals surface area contributed by atoms with Gasteiger partial charge in [-0.15, -0.1) is 11.3 Å². The number of nitrogen functional groups attached to an aromatic ring is 1. The third-order valence-corrected chi connectivity index (χ3v) is 4.08. The smallest absolute Gasteiger partial charge is 0.347 e. The van der Waals surface area contributed by atoms with Crippen LogP contribution in [-0.4, -0.2) is 16.1 Å². The zero-order chi connectivity index (χ0) is 12.7. The van der Waals surface area contributed by atoms with Gasteiger partial charge in [0.1, 0.15) is 9.88 Å². The third-order valence-electron chi connectivity index (χ3n) is 2.97. The van der Waals surface area contributed by atoms with E-state index >= 15 is 0 Å². The Morgan fingerprint density at radius 2 is 2.00 bits per heavy atom. The van der Waals surface area contributed by atoms with Crippen molar-refractivity contribution in [2.45, 2.75) is 18.8 Å². The molecule has 1 heterocycles. The summed E-state index contributed by atoms with van der Waals surface area (Å²) in [6, 6.07) is 7.34. The number of thiazole rings is 1. The van der Waals surface area contributed by atoms with Gasteiger partial charge in [0.25, 0.3) is 0 Å². The van der Waals surface area contributed by atoms with Crippen LogP contribution in [0.4, 0.5) is 5.69 Å². The summed E-state index contributed by atoms with van der Waals surface area (Å²) < 4.78 is 0.